The maximum atomic E-state index is 12.9. The summed E-state index contributed by atoms with van der Waals surface area (Å²) in [5, 5.41) is 3.67. The topological polar surface area (TPSA) is 86.5 Å². The van der Waals surface area contributed by atoms with Gasteiger partial charge in [0.1, 0.15) is 11.6 Å². The average molecular weight is 416 g/mol. The van der Waals surface area contributed by atoms with Gasteiger partial charge in [-0.1, -0.05) is 35.9 Å². The molecule has 0 fully saturated rings. The highest BCUT2D eigenvalue weighted by Gasteiger charge is 2.21. The lowest BCUT2D eigenvalue weighted by Gasteiger charge is -2.16. The summed E-state index contributed by atoms with van der Waals surface area (Å²) in [6.07, 6.45) is 0.466. The van der Waals surface area contributed by atoms with Gasteiger partial charge in [-0.05, 0) is 48.5 Å². The van der Waals surface area contributed by atoms with Crippen LogP contribution in [0.1, 0.15) is 28.0 Å². The molecule has 6 nitrogen and oxygen atoms in total. The van der Waals surface area contributed by atoms with Gasteiger partial charge in [0.25, 0.3) is 5.91 Å². The van der Waals surface area contributed by atoms with Gasteiger partial charge in [0, 0.05) is 17.0 Å². The average Bonchev–Trinajstić information content (AvgIpc) is 3.37. The van der Waals surface area contributed by atoms with Crippen LogP contribution >= 0.6 is 11.6 Å². The number of nitrogens with zero attached hydrogens (tertiary/aromatic N) is 2. The molecule has 148 valence electrons. The number of hydrogen-bond acceptors (Lipinski definition) is 3. The zero-order valence-electron chi connectivity index (χ0n) is 15.9. The largest absolute Gasteiger partial charge is 0.342 e. The molecule has 0 spiro atoms. The lowest BCUT2D eigenvalue weighted by molar-refractivity contribution is 0.0934. The minimum atomic E-state index is -0.388. The van der Waals surface area contributed by atoms with Crippen LogP contribution in [0.2, 0.25) is 5.02 Å². The van der Waals surface area contributed by atoms with E-state index in [1.807, 2.05) is 48.5 Å². The molecule has 30 heavy (non-hydrogen) atoms. The van der Waals surface area contributed by atoms with E-state index >= 15 is 0 Å². The second-order valence-electron chi connectivity index (χ2n) is 7.08. The Morgan fingerprint density at radius 1 is 0.867 bits per heavy atom. The molecule has 0 saturated carbocycles. The molecule has 7 heteroatoms. The zero-order chi connectivity index (χ0) is 20.5. The van der Waals surface area contributed by atoms with Crippen LogP contribution in [0.3, 0.4) is 0 Å². The van der Waals surface area contributed by atoms with E-state index in [9.17, 15) is 4.79 Å². The molecule has 1 amide bonds. The highest BCUT2D eigenvalue weighted by atomic mass is 35.5. The van der Waals surface area contributed by atoms with Crippen LogP contribution in [-0.4, -0.2) is 25.8 Å². The quantitative estimate of drug-likeness (QED) is 0.385. The first-order valence-electron chi connectivity index (χ1n) is 9.60. The summed E-state index contributed by atoms with van der Waals surface area (Å²) in [5.41, 5.74) is 4.15. The number of amides is 1. The first-order chi connectivity index (χ1) is 14.7. The molecular weight excluding hydrogens is 398 g/mol. The van der Waals surface area contributed by atoms with Crippen LogP contribution in [-0.2, 0) is 6.42 Å². The summed E-state index contributed by atoms with van der Waals surface area (Å²) in [5.74, 6) is 1.25. The van der Waals surface area contributed by atoms with E-state index in [1.165, 1.54) is 0 Å². The molecule has 0 aliphatic rings. The number of para-hydroxylation sites is 4. The normalized spacial score (nSPS) is 12.3. The van der Waals surface area contributed by atoms with E-state index in [4.69, 9.17) is 16.6 Å². The molecule has 0 saturated heterocycles. The number of carbonyl (C=O) groups is 1. The van der Waals surface area contributed by atoms with E-state index in [0.717, 1.165) is 27.9 Å². The van der Waals surface area contributed by atoms with Crippen LogP contribution in [0.5, 0.6) is 0 Å². The third-order valence-corrected chi connectivity index (χ3v) is 5.24. The van der Waals surface area contributed by atoms with Gasteiger partial charge in [-0.15, -0.1) is 0 Å². The number of aromatic amines is 2. The van der Waals surface area contributed by atoms with Crippen molar-refractivity contribution in [2.75, 3.05) is 0 Å². The Balaban J connectivity index is 1.49. The molecule has 5 aromatic rings. The summed E-state index contributed by atoms with van der Waals surface area (Å²) >= 11 is 5.95. The highest BCUT2D eigenvalue weighted by molar-refractivity contribution is 6.30. The van der Waals surface area contributed by atoms with Crippen LogP contribution in [0.4, 0.5) is 0 Å². The maximum absolute atomic E-state index is 12.9. The molecule has 0 bridgehead atoms. The number of hydrogen-bond donors (Lipinski definition) is 3. The second kappa shape index (κ2) is 7.65. The molecule has 1 atom stereocenters. The van der Waals surface area contributed by atoms with Gasteiger partial charge < -0.3 is 15.3 Å². The van der Waals surface area contributed by atoms with Gasteiger partial charge in [0.15, 0.2) is 0 Å². The van der Waals surface area contributed by atoms with Gasteiger partial charge in [-0.25, -0.2) is 9.97 Å². The van der Waals surface area contributed by atoms with Crippen molar-refractivity contribution >= 4 is 39.6 Å². The van der Waals surface area contributed by atoms with Crippen molar-refractivity contribution in [2.45, 2.75) is 12.5 Å². The number of imidazole rings is 2. The summed E-state index contributed by atoms with van der Waals surface area (Å²) < 4.78 is 0. The first kappa shape index (κ1) is 18.4. The molecule has 0 aliphatic heterocycles. The van der Waals surface area contributed by atoms with E-state index in [0.29, 0.717) is 22.8 Å². The number of nitrogens with one attached hydrogen (secondary N) is 3. The Morgan fingerprint density at radius 3 is 2.17 bits per heavy atom. The van der Waals surface area contributed by atoms with Crippen molar-refractivity contribution in [3.05, 3.63) is 95.0 Å². The third-order valence-electron chi connectivity index (χ3n) is 4.99. The van der Waals surface area contributed by atoms with E-state index in [-0.39, 0.29) is 11.9 Å². The number of H-pyrrole nitrogens is 2. The Hall–Kier alpha value is -3.64. The Morgan fingerprint density at radius 2 is 1.50 bits per heavy atom. The fourth-order valence-electron chi connectivity index (χ4n) is 3.49. The SMILES string of the molecule is O=C(NC(Cc1nc2ccccc2[nH]1)c1nc2ccccc2[nH]1)c1ccc(Cl)cc1. The molecule has 2 heterocycles. The molecular formula is C23H18ClN5O. The number of carbonyl (C=O) groups excluding carboxylic acids is 1. The molecule has 5 rings (SSSR count). The van der Waals surface area contributed by atoms with E-state index < -0.39 is 0 Å². The van der Waals surface area contributed by atoms with Crippen LogP contribution in [0.25, 0.3) is 22.1 Å². The van der Waals surface area contributed by atoms with E-state index in [2.05, 4.69) is 20.3 Å². The Kier molecular flexibility index (Phi) is 4.69. The van der Waals surface area contributed by atoms with Crippen LogP contribution in [0.15, 0.2) is 72.8 Å². The minimum absolute atomic E-state index is 0.201. The number of benzene rings is 3. The first-order valence-corrected chi connectivity index (χ1v) is 9.98. The highest BCUT2D eigenvalue weighted by Crippen LogP contribution is 2.21. The number of aromatic nitrogens is 4. The summed E-state index contributed by atoms with van der Waals surface area (Å²) in [4.78, 5) is 28.9. The molecule has 2 aromatic heterocycles. The number of halogens is 1. The van der Waals surface area contributed by atoms with Gasteiger partial charge in [0.05, 0.1) is 28.1 Å². The van der Waals surface area contributed by atoms with Gasteiger partial charge in [0.2, 0.25) is 0 Å². The predicted octanol–water partition coefficient (Wildman–Crippen LogP) is 4.81. The summed E-state index contributed by atoms with van der Waals surface area (Å²) in [6, 6.07) is 22.1. The zero-order valence-corrected chi connectivity index (χ0v) is 16.6. The second-order valence-corrected chi connectivity index (χ2v) is 7.51. The number of rotatable bonds is 5. The fraction of sp³-hybridized carbons (Fsp3) is 0.0870. The van der Waals surface area contributed by atoms with Crippen LogP contribution < -0.4 is 5.32 Å². The number of fused-ring (bicyclic) bond motifs is 2. The van der Waals surface area contributed by atoms with Crippen molar-refractivity contribution in [3.63, 3.8) is 0 Å². The van der Waals surface area contributed by atoms with E-state index in [1.54, 1.807) is 24.3 Å². The molecule has 0 aliphatic carbocycles. The van der Waals surface area contributed by atoms with Gasteiger partial charge in [-0.2, -0.15) is 0 Å². The van der Waals surface area contributed by atoms with Crippen molar-refractivity contribution < 1.29 is 4.79 Å². The monoisotopic (exact) mass is 415 g/mol. The molecule has 0 radical (unpaired) electrons. The molecule has 1 unspecified atom stereocenters. The Labute approximate surface area is 177 Å². The van der Waals surface area contributed by atoms with Gasteiger partial charge >= 0.3 is 0 Å². The van der Waals surface area contributed by atoms with Crippen molar-refractivity contribution in [3.8, 4) is 0 Å². The van der Waals surface area contributed by atoms with Gasteiger partial charge in [-0.3, -0.25) is 4.79 Å². The third kappa shape index (κ3) is 3.65. The fourth-order valence-corrected chi connectivity index (χ4v) is 3.62. The lowest BCUT2D eigenvalue weighted by atomic mass is 10.1. The Bertz CT molecular complexity index is 1270. The van der Waals surface area contributed by atoms with Crippen molar-refractivity contribution in [1.29, 1.82) is 0 Å². The van der Waals surface area contributed by atoms with Crippen molar-refractivity contribution in [1.82, 2.24) is 25.3 Å². The molecule has 3 N–H and O–H groups in total. The molecule has 3 aromatic carbocycles. The summed E-state index contributed by atoms with van der Waals surface area (Å²) in [6.45, 7) is 0. The smallest absolute Gasteiger partial charge is 0.251 e. The standard InChI is InChI=1S/C23H18ClN5O/c24-15-11-9-14(10-12-15)23(30)29-20(22-27-18-7-3-4-8-19(18)28-22)13-21-25-16-5-1-2-6-17(16)26-21/h1-12,20H,13H2,(H,25,26)(H,27,28)(H,29,30). The van der Waals surface area contributed by atoms with Crippen molar-refractivity contribution in [2.24, 2.45) is 0 Å². The minimum Gasteiger partial charge on any atom is -0.342 e. The predicted molar refractivity (Wildman–Crippen MR) is 118 cm³/mol. The summed E-state index contributed by atoms with van der Waals surface area (Å²) in [7, 11) is 0. The lowest BCUT2D eigenvalue weighted by Crippen LogP contribution is -2.31. The maximum Gasteiger partial charge on any atom is 0.251 e. The van der Waals surface area contributed by atoms with Crippen LogP contribution in [0, 0.1) is 0 Å².